The van der Waals surface area contributed by atoms with Crippen LogP contribution in [0.4, 0.5) is 0 Å². The van der Waals surface area contributed by atoms with Crippen LogP contribution in [0.15, 0.2) is 74.1 Å². The molecule has 2 aliphatic heterocycles. The summed E-state index contributed by atoms with van der Waals surface area (Å²) in [5, 5.41) is 2.80. The lowest BCUT2D eigenvalue weighted by atomic mass is 9.84. The average Bonchev–Trinajstić information content (AvgIpc) is 3.27. The second-order valence-corrected chi connectivity index (χ2v) is 8.52. The fourth-order valence-electron chi connectivity index (χ4n) is 4.06. The predicted molar refractivity (Wildman–Crippen MR) is 119 cm³/mol. The van der Waals surface area contributed by atoms with Gasteiger partial charge in [0.1, 0.15) is 0 Å². The summed E-state index contributed by atoms with van der Waals surface area (Å²) in [6.45, 7) is 1.47. The number of nitrogens with one attached hydrogen (secondary N) is 1. The number of nitrogens with zero attached hydrogens (tertiary/aromatic N) is 3. The quantitative estimate of drug-likeness (QED) is 0.677. The van der Waals surface area contributed by atoms with Crippen molar-refractivity contribution in [2.45, 2.75) is 12.8 Å². The van der Waals surface area contributed by atoms with E-state index in [0.717, 1.165) is 12.1 Å². The predicted octanol–water partition coefficient (Wildman–Crippen LogP) is 1.48. The molecule has 0 radical (unpaired) electrons. The first kappa shape index (κ1) is 21.1. The number of hydrogen-bond acceptors (Lipinski definition) is 6. The van der Waals surface area contributed by atoms with Crippen molar-refractivity contribution in [1.29, 1.82) is 0 Å². The number of carbonyl (C=O) groups is 3. The van der Waals surface area contributed by atoms with Crippen molar-refractivity contribution >= 4 is 23.7 Å². The van der Waals surface area contributed by atoms with E-state index in [9.17, 15) is 14.4 Å². The first-order valence-electron chi connectivity index (χ1n) is 10.3. The molecule has 160 valence electrons. The van der Waals surface area contributed by atoms with Gasteiger partial charge in [-0.25, -0.2) is 0 Å². The summed E-state index contributed by atoms with van der Waals surface area (Å²) in [5.74, 6) is -0.514. The molecular formula is C24H26N4O3. The van der Waals surface area contributed by atoms with Gasteiger partial charge < -0.3 is 15.1 Å². The van der Waals surface area contributed by atoms with Crippen molar-refractivity contribution in [3.63, 3.8) is 0 Å². The van der Waals surface area contributed by atoms with E-state index in [4.69, 9.17) is 0 Å². The molecule has 0 bridgehead atoms. The molecule has 0 aromatic heterocycles. The van der Waals surface area contributed by atoms with Gasteiger partial charge in [0.2, 0.25) is 0 Å². The van der Waals surface area contributed by atoms with Gasteiger partial charge in [0.05, 0.1) is 22.5 Å². The van der Waals surface area contributed by atoms with Gasteiger partial charge in [-0.05, 0) is 70.9 Å². The van der Waals surface area contributed by atoms with Crippen molar-refractivity contribution in [2.75, 3.05) is 41.3 Å². The van der Waals surface area contributed by atoms with Crippen LogP contribution in [-0.4, -0.2) is 74.8 Å². The van der Waals surface area contributed by atoms with E-state index in [2.05, 4.69) is 15.2 Å². The van der Waals surface area contributed by atoms with E-state index in [-0.39, 0.29) is 17.5 Å². The summed E-state index contributed by atoms with van der Waals surface area (Å²) in [5.41, 5.74) is 4.59. The topological polar surface area (TPSA) is 82.1 Å². The highest BCUT2D eigenvalue weighted by molar-refractivity contribution is 6.24. The Bertz CT molecular complexity index is 1110. The highest BCUT2D eigenvalue weighted by atomic mass is 16.2. The number of Topliss-reactive ketones (excluding diaryl/α,β-unsaturated/α-hetero) is 1. The molecule has 7 nitrogen and oxygen atoms in total. The highest BCUT2D eigenvalue weighted by Gasteiger charge is 2.37. The molecule has 0 saturated carbocycles. The Morgan fingerprint density at radius 2 is 1.61 bits per heavy atom. The molecule has 2 aliphatic carbocycles. The number of rotatable bonds is 7. The number of carbonyl (C=O) groups excluding carboxylic acids is 3. The second kappa shape index (κ2) is 8.17. The summed E-state index contributed by atoms with van der Waals surface area (Å²) in [7, 11) is 7.82. The Balaban J connectivity index is 1.73. The smallest absolute Gasteiger partial charge is 0.252 e. The van der Waals surface area contributed by atoms with Crippen LogP contribution >= 0.6 is 0 Å². The van der Waals surface area contributed by atoms with Gasteiger partial charge in [0, 0.05) is 36.0 Å². The molecule has 0 aromatic rings. The Morgan fingerprint density at radius 3 is 2.32 bits per heavy atom. The van der Waals surface area contributed by atoms with Crippen LogP contribution < -0.4 is 5.32 Å². The molecule has 4 aliphatic rings. The third-order valence-electron chi connectivity index (χ3n) is 5.72. The third kappa shape index (κ3) is 3.82. The standard InChI is InChI=1S/C24H26N4O3/c1-27(2)11-9-14-13-25-22-15(6-8-19(29)20(14)22)16-5-7-18-21(23(16)30)17(24(31)26-18)10-12-28(3)4/h5-8,13H,9-12H2,1-4H3,(H,26,31). The first-order chi connectivity index (χ1) is 14.8. The first-order valence-corrected chi connectivity index (χ1v) is 10.3. The largest absolute Gasteiger partial charge is 0.322 e. The van der Waals surface area contributed by atoms with Gasteiger partial charge in [-0.15, -0.1) is 0 Å². The molecule has 4 rings (SSSR count). The molecular weight excluding hydrogens is 392 g/mol. The maximum Gasteiger partial charge on any atom is 0.252 e. The van der Waals surface area contributed by atoms with Crippen molar-refractivity contribution in [2.24, 2.45) is 4.99 Å². The minimum absolute atomic E-state index is 0.0892. The number of fused-ring (bicyclic) bond motifs is 2. The molecule has 0 aromatic carbocycles. The SMILES string of the molecule is CN(C)CCC1=C2C(=O)C=CC(C3=CC=C4NC(=O)C(CCN(C)C)=C4C3=O)=C2N=C1. The van der Waals surface area contributed by atoms with E-state index in [1.807, 2.05) is 33.1 Å². The lowest BCUT2D eigenvalue weighted by molar-refractivity contribution is -0.116. The number of aliphatic imine (C=N–C) groups is 1. The molecule has 2 heterocycles. The van der Waals surface area contributed by atoms with Crippen LogP contribution in [0.5, 0.6) is 0 Å². The second-order valence-electron chi connectivity index (χ2n) is 8.52. The minimum Gasteiger partial charge on any atom is -0.322 e. The normalized spacial score (nSPS) is 20.3. The van der Waals surface area contributed by atoms with Crippen LogP contribution in [0.2, 0.25) is 0 Å². The maximum atomic E-state index is 13.5. The van der Waals surface area contributed by atoms with E-state index < -0.39 is 0 Å². The van der Waals surface area contributed by atoms with E-state index in [1.54, 1.807) is 24.4 Å². The van der Waals surface area contributed by atoms with Gasteiger partial charge >= 0.3 is 0 Å². The van der Waals surface area contributed by atoms with E-state index >= 15 is 0 Å². The summed E-state index contributed by atoms with van der Waals surface area (Å²) in [6, 6.07) is 0. The van der Waals surface area contributed by atoms with Gasteiger partial charge in [-0.1, -0.05) is 0 Å². The zero-order valence-electron chi connectivity index (χ0n) is 18.3. The zero-order valence-corrected chi connectivity index (χ0v) is 18.3. The van der Waals surface area contributed by atoms with Gasteiger partial charge in [0.15, 0.2) is 11.6 Å². The highest BCUT2D eigenvalue weighted by Crippen LogP contribution is 2.38. The molecule has 1 N–H and O–H groups in total. The molecule has 7 heteroatoms. The molecule has 0 atom stereocenters. The molecule has 1 amide bonds. The van der Waals surface area contributed by atoms with Gasteiger partial charge in [-0.3, -0.25) is 19.4 Å². The molecule has 0 fully saturated rings. The van der Waals surface area contributed by atoms with Crippen LogP contribution in [0, 0.1) is 0 Å². The Morgan fingerprint density at radius 1 is 0.903 bits per heavy atom. The van der Waals surface area contributed by atoms with Gasteiger partial charge in [0.25, 0.3) is 5.91 Å². The third-order valence-corrected chi connectivity index (χ3v) is 5.72. The summed E-state index contributed by atoms with van der Waals surface area (Å²) in [4.78, 5) is 47.1. The van der Waals surface area contributed by atoms with E-state index in [1.165, 1.54) is 6.08 Å². The number of ketones is 2. The van der Waals surface area contributed by atoms with E-state index in [0.29, 0.717) is 58.6 Å². The zero-order chi connectivity index (χ0) is 22.3. The Kier molecular flexibility index (Phi) is 5.56. The van der Waals surface area contributed by atoms with Crippen molar-refractivity contribution < 1.29 is 14.4 Å². The fourth-order valence-corrected chi connectivity index (χ4v) is 4.06. The lowest BCUT2D eigenvalue weighted by Crippen LogP contribution is -2.20. The van der Waals surface area contributed by atoms with Gasteiger partial charge in [-0.2, -0.15) is 0 Å². The fraction of sp³-hybridized carbons (Fsp3) is 0.333. The van der Waals surface area contributed by atoms with Crippen LogP contribution in [0.25, 0.3) is 0 Å². The van der Waals surface area contributed by atoms with Crippen molar-refractivity contribution in [1.82, 2.24) is 15.1 Å². The molecule has 0 saturated heterocycles. The lowest BCUT2D eigenvalue weighted by Gasteiger charge is -2.19. The summed E-state index contributed by atoms with van der Waals surface area (Å²) in [6.07, 6.45) is 9.57. The molecule has 31 heavy (non-hydrogen) atoms. The summed E-state index contributed by atoms with van der Waals surface area (Å²) >= 11 is 0. The Hall–Kier alpha value is -3.16. The van der Waals surface area contributed by atoms with Crippen molar-refractivity contribution in [3.05, 3.63) is 69.1 Å². The number of hydrogen-bond donors (Lipinski definition) is 1. The maximum absolute atomic E-state index is 13.5. The molecule has 0 unspecified atom stereocenters. The van der Waals surface area contributed by atoms with Crippen LogP contribution in [0.3, 0.4) is 0 Å². The van der Waals surface area contributed by atoms with Crippen LogP contribution in [-0.2, 0) is 14.4 Å². The minimum atomic E-state index is -0.219. The summed E-state index contributed by atoms with van der Waals surface area (Å²) < 4.78 is 0. The van der Waals surface area contributed by atoms with Crippen LogP contribution in [0.1, 0.15) is 12.8 Å². The number of amides is 1. The monoisotopic (exact) mass is 418 g/mol. The Labute approximate surface area is 181 Å². The molecule has 0 spiro atoms. The van der Waals surface area contributed by atoms with Crippen molar-refractivity contribution in [3.8, 4) is 0 Å². The number of allylic oxidation sites excluding steroid dienone is 8. The average molecular weight is 418 g/mol.